The van der Waals surface area contributed by atoms with Gasteiger partial charge in [0.2, 0.25) is 0 Å². The Kier molecular flexibility index (Phi) is 9.43. The fraction of sp³-hybridized carbons (Fsp3) is 0.333. The van der Waals surface area contributed by atoms with E-state index in [0.29, 0.717) is 36.1 Å². The molecule has 4 aromatic rings. The van der Waals surface area contributed by atoms with Gasteiger partial charge in [0.1, 0.15) is 29.4 Å². The van der Waals surface area contributed by atoms with E-state index in [1.54, 1.807) is 39.8 Å². The molecule has 0 bridgehead atoms. The van der Waals surface area contributed by atoms with E-state index >= 15 is 0 Å². The molecule has 49 heavy (non-hydrogen) atoms. The van der Waals surface area contributed by atoms with Crippen molar-refractivity contribution in [1.29, 1.82) is 0 Å². The number of halogens is 5. The summed E-state index contributed by atoms with van der Waals surface area (Å²) in [7, 11) is 0. The Labute approximate surface area is 276 Å². The molecule has 1 aliphatic rings. The summed E-state index contributed by atoms with van der Waals surface area (Å²) in [4.78, 5) is 55.4. The van der Waals surface area contributed by atoms with Crippen molar-refractivity contribution in [3.05, 3.63) is 99.0 Å². The van der Waals surface area contributed by atoms with Crippen LogP contribution in [-0.2, 0) is 28.7 Å². The standard InChI is InChI=1S/C33H31F5N6O5/c1-16-18-8-10-24(20(18)7-6-19(16)29(46)40-15-27(45)49-32(2,3)4)43-31(48)26-12-25(42-28-23(35)14-41-44(26)28)30(47)39-13-17-5-9-22(34)21(11-17)33(36,37)38/h5-7,9,11-12,14,24H,8,10,13,15H2,1-4H3,(H,39,47)(H,40,46)(H,43,48)/t24-/m0/s1. The number of esters is 1. The lowest BCUT2D eigenvalue weighted by atomic mass is 9.97. The Balaban J connectivity index is 1.32. The van der Waals surface area contributed by atoms with E-state index in [9.17, 15) is 41.1 Å². The zero-order valence-electron chi connectivity index (χ0n) is 26.7. The number of carbonyl (C=O) groups is 4. The lowest BCUT2D eigenvalue weighted by molar-refractivity contribution is -0.153. The molecule has 3 amide bonds. The largest absolute Gasteiger partial charge is 0.459 e. The number of carbonyl (C=O) groups excluding carboxylic acids is 4. The molecule has 2 heterocycles. The van der Waals surface area contributed by atoms with Gasteiger partial charge in [-0.25, -0.2) is 18.3 Å². The third-order valence-corrected chi connectivity index (χ3v) is 7.74. The second kappa shape index (κ2) is 13.2. The number of hydrogen-bond acceptors (Lipinski definition) is 7. The second-order valence-corrected chi connectivity index (χ2v) is 12.4. The molecule has 1 aliphatic carbocycles. The van der Waals surface area contributed by atoms with Gasteiger partial charge in [0.25, 0.3) is 17.7 Å². The maximum absolute atomic E-state index is 14.6. The molecule has 16 heteroatoms. The lowest BCUT2D eigenvalue weighted by Gasteiger charge is -2.20. The van der Waals surface area contributed by atoms with E-state index in [1.165, 1.54) is 0 Å². The molecule has 11 nitrogen and oxygen atoms in total. The summed E-state index contributed by atoms with van der Waals surface area (Å²) in [6, 6.07) is 6.07. The van der Waals surface area contributed by atoms with Crippen LogP contribution in [0.3, 0.4) is 0 Å². The smallest absolute Gasteiger partial charge is 0.419 e. The van der Waals surface area contributed by atoms with Crippen LogP contribution in [0.1, 0.15) is 92.4 Å². The molecule has 0 fully saturated rings. The Morgan fingerprint density at radius 1 is 0.959 bits per heavy atom. The number of fused-ring (bicyclic) bond motifs is 2. The van der Waals surface area contributed by atoms with Crippen molar-refractivity contribution >= 4 is 29.3 Å². The van der Waals surface area contributed by atoms with E-state index in [4.69, 9.17) is 4.74 Å². The number of nitrogens with zero attached hydrogens (tertiary/aromatic N) is 3. The van der Waals surface area contributed by atoms with Gasteiger partial charge in [0.05, 0.1) is 17.8 Å². The highest BCUT2D eigenvalue weighted by molar-refractivity contribution is 5.99. The summed E-state index contributed by atoms with van der Waals surface area (Å²) in [5.74, 6) is -5.12. The van der Waals surface area contributed by atoms with Gasteiger partial charge in [-0.3, -0.25) is 19.2 Å². The molecular formula is C33H31F5N6O5. The number of alkyl halides is 3. The van der Waals surface area contributed by atoms with Gasteiger partial charge < -0.3 is 20.7 Å². The monoisotopic (exact) mass is 686 g/mol. The molecule has 0 saturated carbocycles. The summed E-state index contributed by atoms with van der Waals surface area (Å²) in [6.45, 7) is 6.14. The van der Waals surface area contributed by atoms with Gasteiger partial charge in [-0.1, -0.05) is 12.1 Å². The van der Waals surface area contributed by atoms with Crippen LogP contribution in [0.4, 0.5) is 22.0 Å². The first-order valence-electron chi connectivity index (χ1n) is 15.0. The topological polar surface area (TPSA) is 144 Å². The molecule has 1 atom stereocenters. The van der Waals surface area contributed by atoms with Crippen LogP contribution in [0.5, 0.6) is 0 Å². The molecule has 0 saturated heterocycles. The maximum Gasteiger partial charge on any atom is 0.419 e. The van der Waals surface area contributed by atoms with Gasteiger partial charge in [-0.2, -0.15) is 18.3 Å². The number of nitrogens with one attached hydrogen (secondary N) is 3. The zero-order chi connectivity index (χ0) is 35.8. The molecule has 258 valence electrons. The minimum atomic E-state index is -4.95. The fourth-order valence-corrected chi connectivity index (χ4v) is 5.52. The van der Waals surface area contributed by atoms with E-state index < -0.39 is 76.6 Å². The van der Waals surface area contributed by atoms with Crippen LogP contribution in [0.2, 0.25) is 0 Å². The van der Waals surface area contributed by atoms with Crippen LogP contribution < -0.4 is 16.0 Å². The number of amides is 3. The maximum atomic E-state index is 14.6. The molecule has 0 spiro atoms. The third kappa shape index (κ3) is 7.68. The van der Waals surface area contributed by atoms with Crippen molar-refractivity contribution in [2.24, 2.45) is 0 Å². The number of rotatable bonds is 8. The Morgan fingerprint density at radius 2 is 1.69 bits per heavy atom. The number of ether oxygens (including phenoxy) is 1. The minimum Gasteiger partial charge on any atom is -0.459 e. The van der Waals surface area contributed by atoms with Crippen molar-refractivity contribution in [1.82, 2.24) is 30.5 Å². The van der Waals surface area contributed by atoms with Crippen LogP contribution in [0.25, 0.3) is 5.65 Å². The normalized spacial score (nSPS) is 14.3. The van der Waals surface area contributed by atoms with Crippen LogP contribution in [0.15, 0.2) is 42.6 Å². The predicted octanol–water partition coefficient (Wildman–Crippen LogP) is 4.75. The zero-order valence-corrected chi connectivity index (χ0v) is 26.7. The number of benzene rings is 2. The molecule has 3 N–H and O–H groups in total. The van der Waals surface area contributed by atoms with Gasteiger partial charge in [-0.05, 0) is 81.0 Å². The van der Waals surface area contributed by atoms with E-state index in [1.807, 2.05) is 0 Å². The first-order chi connectivity index (χ1) is 22.9. The van der Waals surface area contributed by atoms with E-state index in [-0.39, 0.29) is 17.8 Å². The van der Waals surface area contributed by atoms with Crippen LogP contribution in [0, 0.1) is 18.6 Å². The molecule has 5 rings (SSSR count). The van der Waals surface area contributed by atoms with Gasteiger partial charge in [0.15, 0.2) is 11.5 Å². The second-order valence-electron chi connectivity index (χ2n) is 12.4. The van der Waals surface area contributed by atoms with Crippen molar-refractivity contribution in [3.8, 4) is 0 Å². The first-order valence-corrected chi connectivity index (χ1v) is 15.0. The number of hydrogen-bond donors (Lipinski definition) is 3. The highest BCUT2D eigenvalue weighted by atomic mass is 19.4. The number of aromatic nitrogens is 3. The molecule has 2 aromatic heterocycles. The molecule has 0 aliphatic heterocycles. The van der Waals surface area contributed by atoms with Crippen LogP contribution >= 0.6 is 0 Å². The summed E-state index contributed by atoms with van der Waals surface area (Å²) in [6.07, 6.45) is -3.18. The highest BCUT2D eigenvalue weighted by Crippen LogP contribution is 2.35. The Morgan fingerprint density at radius 3 is 2.39 bits per heavy atom. The predicted molar refractivity (Wildman–Crippen MR) is 163 cm³/mol. The average Bonchev–Trinajstić information content (AvgIpc) is 3.61. The van der Waals surface area contributed by atoms with E-state index in [2.05, 4.69) is 26.0 Å². The summed E-state index contributed by atoms with van der Waals surface area (Å²) in [5.41, 5.74) is -0.785. The van der Waals surface area contributed by atoms with Crippen molar-refractivity contribution < 1.29 is 45.9 Å². The molecule has 0 unspecified atom stereocenters. The fourth-order valence-electron chi connectivity index (χ4n) is 5.52. The van der Waals surface area contributed by atoms with Crippen molar-refractivity contribution in [2.75, 3.05) is 6.54 Å². The average molecular weight is 687 g/mol. The van der Waals surface area contributed by atoms with Gasteiger partial charge in [-0.15, -0.1) is 0 Å². The Hall–Kier alpha value is -5.41. The van der Waals surface area contributed by atoms with Gasteiger partial charge in [0, 0.05) is 18.2 Å². The molecule has 0 radical (unpaired) electrons. The quantitative estimate of drug-likeness (QED) is 0.179. The van der Waals surface area contributed by atoms with E-state index in [0.717, 1.165) is 34.0 Å². The summed E-state index contributed by atoms with van der Waals surface area (Å²) >= 11 is 0. The van der Waals surface area contributed by atoms with Gasteiger partial charge >= 0.3 is 12.1 Å². The minimum absolute atomic E-state index is 0.0597. The summed E-state index contributed by atoms with van der Waals surface area (Å²) < 4.78 is 73.7. The first kappa shape index (κ1) is 34.9. The third-order valence-electron chi connectivity index (χ3n) is 7.74. The Bertz CT molecular complexity index is 1990. The lowest BCUT2D eigenvalue weighted by Crippen LogP contribution is -2.35. The molecule has 2 aromatic carbocycles. The highest BCUT2D eigenvalue weighted by Gasteiger charge is 2.34. The molecular weight excluding hydrogens is 655 g/mol. The summed E-state index contributed by atoms with van der Waals surface area (Å²) in [5, 5.41) is 11.6. The van der Waals surface area contributed by atoms with Crippen LogP contribution in [-0.4, -0.2) is 50.4 Å². The SMILES string of the molecule is Cc1c(C(=O)NCC(=O)OC(C)(C)C)ccc2c1CC[C@@H]2NC(=O)c1cc(C(=O)NCc2ccc(F)c(C(F)(F)F)c2)nc2c(F)cnn12. The van der Waals surface area contributed by atoms with Crippen molar-refractivity contribution in [3.63, 3.8) is 0 Å². The van der Waals surface area contributed by atoms with Crippen molar-refractivity contribution in [2.45, 2.75) is 64.9 Å².